The zero-order valence-electron chi connectivity index (χ0n) is 15.8. The maximum absolute atomic E-state index is 12.3. The minimum atomic E-state index is -3.56. The largest absolute Gasteiger partial charge is 0.367 e. The van der Waals surface area contributed by atoms with Crippen LogP contribution in [0.2, 0.25) is 0 Å². The third-order valence-corrected chi connectivity index (χ3v) is 5.45. The quantitative estimate of drug-likeness (QED) is 0.345. The molecule has 0 fully saturated rings. The van der Waals surface area contributed by atoms with Gasteiger partial charge < -0.3 is 15.2 Å². The van der Waals surface area contributed by atoms with Crippen molar-refractivity contribution in [2.24, 2.45) is 0 Å². The van der Waals surface area contributed by atoms with E-state index < -0.39 is 10.0 Å². The molecule has 0 aliphatic carbocycles. The molecule has 4 rings (SSSR count). The van der Waals surface area contributed by atoms with Gasteiger partial charge in [-0.05, 0) is 36.4 Å². The Bertz CT molecular complexity index is 1210. The first kappa shape index (κ1) is 19.7. The molecule has 0 amide bonds. The molecule has 0 aliphatic heterocycles. The van der Waals surface area contributed by atoms with Gasteiger partial charge in [0, 0.05) is 36.6 Å². The molecule has 0 unspecified atom stereocenters. The van der Waals surface area contributed by atoms with Gasteiger partial charge in [0.15, 0.2) is 11.4 Å². The monoisotopic (exact) mass is 425 g/mol. The number of fused-ring (bicyclic) bond motifs is 1. The highest BCUT2D eigenvalue weighted by Gasteiger charge is 2.16. The lowest BCUT2D eigenvalue weighted by Crippen LogP contribution is -2.30. The zero-order valence-corrected chi connectivity index (χ0v) is 16.6. The highest BCUT2D eigenvalue weighted by Crippen LogP contribution is 2.19. The van der Waals surface area contributed by atoms with Crippen molar-refractivity contribution in [1.29, 1.82) is 0 Å². The number of sulfonamides is 1. The third-order valence-electron chi connectivity index (χ3n) is 4.15. The molecular weight excluding hydrogens is 406 g/mol. The van der Waals surface area contributed by atoms with Crippen LogP contribution in [0.15, 0.2) is 65.4 Å². The van der Waals surface area contributed by atoms with Crippen molar-refractivity contribution in [3.8, 4) is 0 Å². The lowest BCUT2D eigenvalue weighted by molar-refractivity contribution is 0.448. The predicted octanol–water partition coefficient (Wildman–Crippen LogP) is 2.29. The average molecular weight is 425 g/mol. The van der Waals surface area contributed by atoms with Gasteiger partial charge in [0.1, 0.15) is 17.3 Å². The first-order valence-electron chi connectivity index (χ1n) is 9.14. The first-order valence-corrected chi connectivity index (χ1v) is 10.8. The molecule has 3 heterocycles. The van der Waals surface area contributed by atoms with Crippen molar-refractivity contribution < 1.29 is 12.9 Å². The van der Waals surface area contributed by atoms with Crippen molar-refractivity contribution >= 4 is 38.3 Å². The van der Waals surface area contributed by atoms with E-state index in [2.05, 4.69) is 35.7 Å². The number of benzene rings is 1. The van der Waals surface area contributed by atoms with Gasteiger partial charge in [0.25, 0.3) is 0 Å². The molecule has 0 spiro atoms. The number of nitrogens with zero attached hydrogens (tertiary/aromatic N) is 4. The van der Waals surface area contributed by atoms with E-state index in [0.717, 1.165) is 5.69 Å². The van der Waals surface area contributed by atoms with Crippen molar-refractivity contribution in [3.63, 3.8) is 0 Å². The van der Waals surface area contributed by atoms with Gasteiger partial charge in [0.05, 0.1) is 0 Å². The Balaban J connectivity index is 1.25. The fourth-order valence-corrected chi connectivity index (χ4v) is 3.83. The van der Waals surface area contributed by atoms with Crippen molar-refractivity contribution in [3.05, 3.63) is 66.6 Å². The van der Waals surface area contributed by atoms with Crippen LogP contribution in [0.1, 0.15) is 5.69 Å². The van der Waals surface area contributed by atoms with Gasteiger partial charge in [0.2, 0.25) is 10.0 Å². The van der Waals surface area contributed by atoms with E-state index in [1.54, 1.807) is 42.7 Å². The zero-order chi connectivity index (χ0) is 20.8. The van der Waals surface area contributed by atoms with E-state index in [0.29, 0.717) is 34.8 Å². The summed E-state index contributed by atoms with van der Waals surface area (Å²) in [6.07, 6.45) is 3.36. The Morgan fingerprint density at radius 3 is 2.47 bits per heavy atom. The Labute approximate surface area is 172 Å². The molecule has 0 bridgehead atoms. The number of pyridine rings is 1. The number of aromatic nitrogens is 4. The molecule has 4 aromatic rings. The topological polar surface area (TPSA) is 135 Å². The molecule has 0 atom stereocenters. The first-order chi connectivity index (χ1) is 14.6. The van der Waals surface area contributed by atoms with Crippen molar-refractivity contribution in [2.75, 3.05) is 23.7 Å². The van der Waals surface area contributed by atoms with Gasteiger partial charge in [-0.2, -0.15) is 0 Å². The lowest BCUT2D eigenvalue weighted by atomic mass is 10.2. The molecule has 0 saturated heterocycles. The standard InChI is InChI=1S/C19H19N7O3S/c27-30(28,13-16-15-3-1-2-4-17(15)29-26-16)22-12-11-21-18-5-6-19(25-24-18)23-14-7-9-20-10-8-14/h1-10,22H,11-13H2,(H,21,24)(H,20,23,25). The normalized spacial score (nSPS) is 11.5. The lowest BCUT2D eigenvalue weighted by Gasteiger charge is -2.08. The molecule has 30 heavy (non-hydrogen) atoms. The Morgan fingerprint density at radius 1 is 0.900 bits per heavy atom. The fourth-order valence-electron chi connectivity index (χ4n) is 2.75. The second kappa shape index (κ2) is 8.84. The second-order valence-corrected chi connectivity index (χ2v) is 8.18. The second-order valence-electron chi connectivity index (χ2n) is 6.37. The van der Waals surface area contributed by atoms with Crippen LogP contribution in [0.25, 0.3) is 11.0 Å². The highest BCUT2D eigenvalue weighted by atomic mass is 32.2. The summed E-state index contributed by atoms with van der Waals surface area (Å²) in [6, 6.07) is 14.3. The van der Waals surface area contributed by atoms with E-state index in [-0.39, 0.29) is 12.3 Å². The summed E-state index contributed by atoms with van der Waals surface area (Å²) in [7, 11) is -3.56. The molecule has 3 aromatic heterocycles. The summed E-state index contributed by atoms with van der Waals surface area (Å²) in [4.78, 5) is 3.95. The number of para-hydroxylation sites is 1. The van der Waals surface area contributed by atoms with Gasteiger partial charge in [-0.3, -0.25) is 4.98 Å². The van der Waals surface area contributed by atoms with Crippen LogP contribution >= 0.6 is 0 Å². The number of hydrogen-bond donors (Lipinski definition) is 3. The molecule has 0 saturated carbocycles. The van der Waals surface area contributed by atoms with Crippen LogP contribution < -0.4 is 15.4 Å². The average Bonchev–Trinajstić information content (AvgIpc) is 3.15. The smallest absolute Gasteiger partial charge is 0.217 e. The van der Waals surface area contributed by atoms with Crippen LogP contribution in [0, 0.1) is 0 Å². The summed E-state index contributed by atoms with van der Waals surface area (Å²) >= 11 is 0. The van der Waals surface area contributed by atoms with Gasteiger partial charge in [-0.15, -0.1) is 10.2 Å². The molecule has 10 nitrogen and oxygen atoms in total. The van der Waals surface area contributed by atoms with Gasteiger partial charge in [-0.1, -0.05) is 17.3 Å². The summed E-state index contributed by atoms with van der Waals surface area (Å²) in [5.74, 6) is 0.878. The summed E-state index contributed by atoms with van der Waals surface area (Å²) < 4.78 is 32.3. The van der Waals surface area contributed by atoms with Crippen LogP contribution in [-0.4, -0.2) is 41.8 Å². The SMILES string of the molecule is O=S(=O)(Cc1noc2ccccc12)NCCNc1ccc(Nc2ccncc2)nn1. The minimum absolute atomic E-state index is 0.191. The van der Waals surface area contributed by atoms with Crippen LogP contribution in [0.4, 0.5) is 17.3 Å². The minimum Gasteiger partial charge on any atom is -0.367 e. The Hall–Kier alpha value is -3.57. The third kappa shape index (κ3) is 5.07. The van der Waals surface area contributed by atoms with E-state index >= 15 is 0 Å². The van der Waals surface area contributed by atoms with E-state index in [1.807, 2.05) is 18.2 Å². The summed E-state index contributed by atoms with van der Waals surface area (Å²) in [5, 5.41) is 18.8. The highest BCUT2D eigenvalue weighted by molar-refractivity contribution is 7.88. The van der Waals surface area contributed by atoms with Crippen molar-refractivity contribution in [2.45, 2.75) is 5.75 Å². The summed E-state index contributed by atoms with van der Waals surface area (Å²) in [6.45, 7) is 0.543. The predicted molar refractivity (Wildman–Crippen MR) is 113 cm³/mol. The summed E-state index contributed by atoms with van der Waals surface area (Å²) in [5.41, 5.74) is 1.80. The number of anilines is 3. The maximum atomic E-state index is 12.3. The van der Waals surface area contributed by atoms with E-state index in [9.17, 15) is 8.42 Å². The maximum Gasteiger partial charge on any atom is 0.217 e. The van der Waals surface area contributed by atoms with Crippen LogP contribution in [0.5, 0.6) is 0 Å². The Kier molecular flexibility index (Phi) is 5.82. The van der Waals surface area contributed by atoms with E-state index in [4.69, 9.17) is 4.52 Å². The Morgan fingerprint density at radius 2 is 1.67 bits per heavy atom. The number of rotatable bonds is 9. The van der Waals surface area contributed by atoms with Gasteiger partial charge in [-0.25, -0.2) is 13.1 Å². The number of nitrogens with one attached hydrogen (secondary N) is 3. The molecule has 0 radical (unpaired) electrons. The molecule has 154 valence electrons. The van der Waals surface area contributed by atoms with Crippen LogP contribution in [0.3, 0.4) is 0 Å². The molecule has 3 N–H and O–H groups in total. The molecular formula is C19H19N7O3S. The van der Waals surface area contributed by atoms with E-state index in [1.165, 1.54) is 0 Å². The van der Waals surface area contributed by atoms with Crippen molar-refractivity contribution in [1.82, 2.24) is 25.1 Å². The molecule has 0 aliphatic rings. The molecule has 11 heteroatoms. The van der Waals surface area contributed by atoms with Crippen LogP contribution in [-0.2, 0) is 15.8 Å². The number of hydrogen-bond acceptors (Lipinski definition) is 9. The van der Waals surface area contributed by atoms with Gasteiger partial charge >= 0.3 is 0 Å². The molecule has 1 aromatic carbocycles. The fraction of sp³-hybridized carbons (Fsp3) is 0.158.